The minimum atomic E-state index is -4.52. The van der Waals surface area contributed by atoms with Gasteiger partial charge in [-0.05, 0) is 6.42 Å². The number of hydrogen-bond acceptors (Lipinski definition) is 6. The molecular formula is C12H14F3N5S. The summed E-state index contributed by atoms with van der Waals surface area (Å²) in [5.41, 5.74) is -0.988. The molecule has 114 valence electrons. The van der Waals surface area contributed by atoms with Crippen molar-refractivity contribution < 1.29 is 13.2 Å². The zero-order chi connectivity index (χ0) is 15.5. The maximum absolute atomic E-state index is 12.8. The van der Waals surface area contributed by atoms with Crippen molar-refractivity contribution in [3.8, 4) is 0 Å². The fraction of sp³-hybridized carbons (Fsp3) is 0.417. The first-order valence-electron chi connectivity index (χ1n) is 6.24. The third kappa shape index (κ3) is 3.81. The molecule has 1 atom stereocenters. The Kier molecular flexibility index (Phi) is 4.61. The maximum atomic E-state index is 12.8. The Balaban J connectivity index is 2.30. The molecule has 9 heteroatoms. The van der Waals surface area contributed by atoms with E-state index in [1.54, 1.807) is 6.20 Å². The zero-order valence-electron chi connectivity index (χ0n) is 11.4. The van der Waals surface area contributed by atoms with Crippen LogP contribution in [0.4, 0.5) is 24.9 Å². The van der Waals surface area contributed by atoms with Crippen molar-refractivity contribution in [1.29, 1.82) is 0 Å². The minimum Gasteiger partial charge on any atom is -0.361 e. The van der Waals surface area contributed by atoms with Crippen LogP contribution in [0.3, 0.4) is 0 Å². The largest absolute Gasteiger partial charge is 0.433 e. The summed E-state index contributed by atoms with van der Waals surface area (Å²) >= 11 is 1.44. The van der Waals surface area contributed by atoms with Crippen LogP contribution in [-0.2, 0) is 6.18 Å². The van der Waals surface area contributed by atoms with Gasteiger partial charge in [0, 0.05) is 24.7 Å². The number of alkyl halides is 3. The van der Waals surface area contributed by atoms with Gasteiger partial charge < -0.3 is 10.6 Å². The Morgan fingerprint density at radius 3 is 2.62 bits per heavy atom. The van der Waals surface area contributed by atoms with Crippen LogP contribution in [0.1, 0.15) is 30.1 Å². The average molecular weight is 317 g/mol. The van der Waals surface area contributed by atoms with Crippen molar-refractivity contribution in [2.24, 2.45) is 0 Å². The highest BCUT2D eigenvalue weighted by atomic mass is 32.1. The van der Waals surface area contributed by atoms with Gasteiger partial charge in [0.2, 0.25) is 5.95 Å². The van der Waals surface area contributed by atoms with Crippen LogP contribution >= 0.6 is 11.3 Å². The first kappa shape index (κ1) is 15.5. The number of nitrogens with zero attached hydrogens (tertiary/aromatic N) is 3. The van der Waals surface area contributed by atoms with Crippen LogP contribution in [-0.4, -0.2) is 22.0 Å². The van der Waals surface area contributed by atoms with Gasteiger partial charge in [-0.15, -0.1) is 11.3 Å². The molecule has 0 spiro atoms. The monoisotopic (exact) mass is 317 g/mol. The summed E-state index contributed by atoms with van der Waals surface area (Å²) in [6.45, 7) is 1.92. The van der Waals surface area contributed by atoms with E-state index < -0.39 is 11.9 Å². The molecule has 0 aliphatic rings. The second-order valence-electron chi connectivity index (χ2n) is 4.19. The summed E-state index contributed by atoms with van der Waals surface area (Å²) in [5, 5.41) is 8.13. The molecule has 2 N–H and O–H groups in total. The Morgan fingerprint density at radius 1 is 1.33 bits per heavy atom. The van der Waals surface area contributed by atoms with Gasteiger partial charge in [-0.25, -0.2) is 9.97 Å². The molecule has 0 bridgehead atoms. The van der Waals surface area contributed by atoms with Gasteiger partial charge in [0.1, 0.15) is 10.8 Å². The van der Waals surface area contributed by atoms with Gasteiger partial charge in [-0.1, -0.05) is 6.92 Å². The molecule has 0 radical (unpaired) electrons. The summed E-state index contributed by atoms with van der Waals surface area (Å²) in [6.07, 6.45) is -2.19. The highest BCUT2D eigenvalue weighted by molar-refractivity contribution is 7.09. The highest BCUT2D eigenvalue weighted by Crippen LogP contribution is 2.31. The molecule has 2 rings (SSSR count). The molecule has 0 aliphatic carbocycles. The Labute approximate surface area is 123 Å². The third-order valence-electron chi connectivity index (χ3n) is 2.72. The van der Waals surface area contributed by atoms with E-state index in [1.165, 1.54) is 18.4 Å². The van der Waals surface area contributed by atoms with Gasteiger partial charge in [0.15, 0.2) is 5.69 Å². The summed E-state index contributed by atoms with van der Waals surface area (Å²) in [4.78, 5) is 11.6. The summed E-state index contributed by atoms with van der Waals surface area (Å²) in [5.74, 6) is 0.0324. The Morgan fingerprint density at radius 2 is 2.10 bits per heavy atom. The molecular weight excluding hydrogens is 303 g/mol. The van der Waals surface area contributed by atoms with Crippen molar-refractivity contribution in [3.05, 3.63) is 28.3 Å². The van der Waals surface area contributed by atoms with E-state index in [4.69, 9.17) is 0 Å². The quantitative estimate of drug-likeness (QED) is 0.883. The summed E-state index contributed by atoms with van der Waals surface area (Å²) in [7, 11) is 1.47. The average Bonchev–Trinajstić information content (AvgIpc) is 2.97. The number of anilines is 2. The summed E-state index contributed by atoms with van der Waals surface area (Å²) < 4.78 is 38.5. The van der Waals surface area contributed by atoms with E-state index in [-0.39, 0.29) is 17.8 Å². The molecule has 0 amide bonds. The van der Waals surface area contributed by atoms with Gasteiger partial charge in [-0.2, -0.15) is 18.2 Å². The Bertz CT molecular complexity index is 585. The van der Waals surface area contributed by atoms with Crippen LogP contribution < -0.4 is 10.6 Å². The van der Waals surface area contributed by atoms with E-state index in [1.807, 2.05) is 12.3 Å². The van der Waals surface area contributed by atoms with Gasteiger partial charge in [0.05, 0.1) is 6.04 Å². The number of thiazole rings is 1. The number of hydrogen-bond donors (Lipinski definition) is 2. The van der Waals surface area contributed by atoms with E-state index in [9.17, 15) is 13.2 Å². The Hall–Kier alpha value is -1.90. The predicted octanol–water partition coefficient (Wildman–Crippen LogP) is 3.56. The molecule has 0 saturated carbocycles. The van der Waals surface area contributed by atoms with Crippen LogP contribution in [0.2, 0.25) is 0 Å². The van der Waals surface area contributed by atoms with Crippen molar-refractivity contribution >= 4 is 23.1 Å². The van der Waals surface area contributed by atoms with Crippen molar-refractivity contribution in [1.82, 2.24) is 15.0 Å². The van der Waals surface area contributed by atoms with Crippen LogP contribution in [0.15, 0.2) is 17.6 Å². The lowest BCUT2D eigenvalue weighted by Gasteiger charge is -2.17. The molecule has 0 aliphatic heterocycles. The second-order valence-corrected chi connectivity index (χ2v) is 5.11. The maximum Gasteiger partial charge on any atom is 0.433 e. The molecule has 5 nitrogen and oxygen atoms in total. The number of halogens is 3. The smallest absolute Gasteiger partial charge is 0.361 e. The number of aromatic nitrogens is 3. The van der Waals surface area contributed by atoms with Gasteiger partial charge in [-0.3, -0.25) is 0 Å². The van der Waals surface area contributed by atoms with E-state index in [0.29, 0.717) is 6.42 Å². The molecule has 0 saturated heterocycles. The number of nitrogens with one attached hydrogen (secondary N) is 2. The van der Waals surface area contributed by atoms with Crippen LogP contribution in [0, 0.1) is 0 Å². The van der Waals surface area contributed by atoms with E-state index >= 15 is 0 Å². The predicted molar refractivity (Wildman–Crippen MR) is 75.3 cm³/mol. The molecule has 0 fully saturated rings. The van der Waals surface area contributed by atoms with Crippen LogP contribution in [0.5, 0.6) is 0 Å². The van der Waals surface area contributed by atoms with Crippen LogP contribution in [0.25, 0.3) is 0 Å². The van der Waals surface area contributed by atoms with E-state index in [2.05, 4.69) is 25.6 Å². The van der Waals surface area contributed by atoms with E-state index in [0.717, 1.165) is 11.1 Å². The lowest BCUT2D eigenvalue weighted by Crippen LogP contribution is -2.15. The van der Waals surface area contributed by atoms with Gasteiger partial charge in [0.25, 0.3) is 0 Å². The summed E-state index contributed by atoms with van der Waals surface area (Å²) in [6, 6.07) is 0.711. The lowest BCUT2D eigenvalue weighted by atomic mass is 10.2. The van der Waals surface area contributed by atoms with Crippen molar-refractivity contribution in [2.45, 2.75) is 25.6 Å². The standard InChI is InChI=1S/C12H14F3N5S/c1-3-7(10-17-4-5-21-10)18-9-6-8(12(13,14)15)19-11(16-2)20-9/h4-7H,3H2,1-2H3,(H2,16,18,19,20). The first-order chi connectivity index (χ1) is 9.94. The lowest BCUT2D eigenvalue weighted by molar-refractivity contribution is -0.141. The van der Waals surface area contributed by atoms with Crippen molar-refractivity contribution in [3.63, 3.8) is 0 Å². The molecule has 2 aromatic rings. The van der Waals surface area contributed by atoms with Gasteiger partial charge >= 0.3 is 6.18 Å². The second kappa shape index (κ2) is 6.25. The SMILES string of the molecule is CCC(Nc1cc(C(F)(F)F)nc(NC)n1)c1nccs1. The normalized spacial score (nSPS) is 13.0. The topological polar surface area (TPSA) is 62.7 Å². The fourth-order valence-corrected chi connectivity index (χ4v) is 2.47. The molecule has 2 aromatic heterocycles. The third-order valence-corrected chi connectivity index (χ3v) is 3.61. The zero-order valence-corrected chi connectivity index (χ0v) is 12.2. The highest BCUT2D eigenvalue weighted by Gasteiger charge is 2.34. The molecule has 2 heterocycles. The number of rotatable bonds is 5. The fourth-order valence-electron chi connectivity index (χ4n) is 1.70. The van der Waals surface area contributed by atoms with Crippen molar-refractivity contribution in [2.75, 3.05) is 17.7 Å². The minimum absolute atomic E-state index is 0.0821. The molecule has 0 aromatic carbocycles. The molecule has 21 heavy (non-hydrogen) atoms. The molecule has 1 unspecified atom stereocenters. The first-order valence-corrected chi connectivity index (χ1v) is 7.12.